The van der Waals surface area contributed by atoms with E-state index in [2.05, 4.69) is 104 Å². The lowest BCUT2D eigenvalue weighted by molar-refractivity contribution is -0.870. The van der Waals surface area contributed by atoms with Gasteiger partial charge < -0.3 is 28.8 Å². The third-order valence-electron chi connectivity index (χ3n) is 14.8. The van der Waals surface area contributed by atoms with Gasteiger partial charge in [0.1, 0.15) is 13.2 Å². The predicted octanol–water partition coefficient (Wildman–Crippen LogP) is 20.7. The number of aliphatic hydroxyl groups excluding tert-OH is 1. The summed E-state index contributed by atoms with van der Waals surface area (Å²) in [6.45, 7) is 4.56. The smallest absolute Gasteiger partial charge is 0.268 e. The molecule has 0 rings (SSSR count). The van der Waals surface area contributed by atoms with Crippen LogP contribution < -0.4 is 10.2 Å². The normalized spacial score (nSPS) is 14.3. The molecule has 0 aromatic carbocycles. The fraction of sp³-hybridized carbons (Fsp3) is 0.761. The minimum atomic E-state index is -4.60. The van der Waals surface area contributed by atoms with Crippen molar-refractivity contribution in [1.82, 2.24) is 5.32 Å². The third-order valence-corrected chi connectivity index (χ3v) is 15.8. The van der Waals surface area contributed by atoms with E-state index >= 15 is 0 Å². The summed E-state index contributed by atoms with van der Waals surface area (Å²) in [4.78, 5) is 25.6. The number of carbonyl (C=O) groups excluding carboxylic acids is 1. The summed E-state index contributed by atoms with van der Waals surface area (Å²) < 4.78 is 23.4. The summed E-state index contributed by atoms with van der Waals surface area (Å²) in [6, 6.07) is -0.889. The number of amides is 1. The highest BCUT2D eigenvalue weighted by molar-refractivity contribution is 7.45. The zero-order chi connectivity index (χ0) is 58.4. The van der Waals surface area contributed by atoms with Crippen molar-refractivity contribution in [3.8, 4) is 0 Å². The van der Waals surface area contributed by atoms with Gasteiger partial charge in [-0.15, -0.1) is 0 Å². The van der Waals surface area contributed by atoms with Crippen LogP contribution in [0.5, 0.6) is 0 Å². The Bertz CT molecular complexity index is 1620. The molecule has 0 aliphatic heterocycles. The van der Waals surface area contributed by atoms with Crippen molar-refractivity contribution in [3.63, 3.8) is 0 Å². The molecule has 1 amide bonds. The van der Waals surface area contributed by atoms with Gasteiger partial charge >= 0.3 is 0 Å². The monoisotopic (exact) mass is 1140 g/mol. The second-order valence-corrected chi connectivity index (χ2v) is 25.2. The van der Waals surface area contributed by atoms with Crippen LogP contribution in [0.2, 0.25) is 0 Å². The van der Waals surface area contributed by atoms with Crippen LogP contribution in [-0.4, -0.2) is 68.5 Å². The second kappa shape index (κ2) is 61.0. The Morgan fingerprint density at radius 1 is 0.450 bits per heavy atom. The maximum Gasteiger partial charge on any atom is 0.268 e. The first-order chi connectivity index (χ1) is 39.0. The maximum absolute atomic E-state index is 13.0. The Balaban J connectivity index is 3.97. The lowest BCUT2D eigenvalue weighted by atomic mass is 10.0. The minimum absolute atomic E-state index is 0.00202. The number of phosphoric ester groups is 1. The van der Waals surface area contributed by atoms with E-state index < -0.39 is 20.0 Å². The lowest BCUT2D eigenvalue weighted by Gasteiger charge is -2.29. The molecular weight excluding hydrogens is 1010 g/mol. The molecule has 0 spiro atoms. The summed E-state index contributed by atoms with van der Waals surface area (Å²) in [5, 5.41) is 13.9. The predicted molar refractivity (Wildman–Crippen MR) is 348 cm³/mol. The van der Waals surface area contributed by atoms with Gasteiger partial charge in [-0.3, -0.25) is 9.36 Å². The summed E-state index contributed by atoms with van der Waals surface area (Å²) in [5.74, 6) is -0.195. The molecule has 0 heterocycles. The highest BCUT2D eigenvalue weighted by Gasteiger charge is 2.23. The van der Waals surface area contributed by atoms with Crippen LogP contribution in [-0.2, 0) is 18.4 Å². The molecule has 9 heteroatoms. The molecule has 80 heavy (non-hydrogen) atoms. The van der Waals surface area contributed by atoms with Gasteiger partial charge in [-0.25, -0.2) is 0 Å². The fourth-order valence-corrected chi connectivity index (χ4v) is 10.3. The van der Waals surface area contributed by atoms with Gasteiger partial charge in [0.2, 0.25) is 5.91 Å². The zero-order valence-corrected chi connectivity index (χ0v) is 53.9. The van der Waals surface area contributed by atoms with Crippen molar-refractivity contribution < 1.29 is 32.9 Å². The van der Waals surface area contributed by atoms with E-state index in [9.17, 15) is 19.4 Å². The van der Waals surface area contributed by atoms with Crippen LogP contribution in [0.25, 0.3) is 0 Å². The topological polar surface area (TPSA) is 108 Å². The number of hydrogen-bond acceptors (Lipinski definition) is 6. The molecule has 0 saturated carbocycles. The number of likely N-dealkylation sites (N-methyl/N-ethyl adjacent to an activating group) is 1. The van der Waals surface area contributed by atoms with Crippen LogP contribution in [0.3, 0.4) is 0 Å². The Labute approximate surface area is 496 Å². The van der Waals surface area contributed by atoms with E-state index in [0.717, 1.165) is 83.5 Å². The van der Waals surface area contributed by atoms with Gasteiger partial charge in [-0.1, -0.05) is 310 Å². The fourth-order valence-electron chi connectivity index (χ4n) is 9.61. The highest BCUT2D eigenvalue weighted by Crippen LogP contribution is 2.38. The molecule has 0 aliphatic rings. The van der Waals surface area contributed by atoms with Gasteiger partial charge in [-0.2, -0.15) is 0 Å². The van der Waals surface area contributed by atoms with Gasteiger partial charge in [0, 0.05) is 6.42 Å². The van der Waals surface area contributed by atoms with Crippen LogP contribution in [0.15, 0.2) is 97.2 Å². The molecular formula is C71H129N2O6P. The average molecular weight is 1140 g/mol. The molecule has 8 nitrogen and oxygen atoms in total. The molecule has 0 bridgehead atoms. The van der Waals surface area contributed by atoms with Crippen LogP contribution in [0, 0.1) is 0 Å². The van der Waals surface area contributed by atoms with E-state index in [1.54, 1.807) is 6.08 Å². The minimum Gasteiger partial charge on any atom is -0.756 e. The molecule has 2 N–H and O–H groups in total. The molecule has 0 fully saturated rings. The van der Waals surface area contributed by atoms with Crippen molar-refractivity contribution in [1.29, 1.82) is 0 Å². The molecule has 3 atom stereocenters. The van der Waals surface area contributed by atoms with Crippen molar-refractivity contribution in [2.45, 2.75) is 309 Å². The molecule has 0 aliphatic carbocycles. The van der Waals surface area contributed by atoms with Crippen molar-refractivity contribution in [2.24, 2.45) is 0 Å². The lowest BCUT2D eigenvalue weighted by Crippen LogP contribution is -2.45. The second-order valence-electron chi connectivity index (χ2n) is 23.8. The van der Waals surface area contributed by atoms with E-state index in [4.69, 9.17) is 9.05 Å². The third kappa shape index (κ3) is 63.0. The van der Waals surface area contributed by atoms with Crippen molar-refractivity contribution >= 4 is 13.7 Å². The number of unbranched alkanes of at least 4 members (excludes halogenated alkanes) is 34. The summed E-state index contributed by atoms with van der Waals surface area (Å²) in [6.07, 6.45) is 88.0. The Kier molecular flexibility index (Phi) is 59.0. The molecule has 0 aromatic heterocycles. The number of carbonyl (C=O) groups is 1. The number of hydrogen-bond donors (Lipinski definition) is 2. The number of aliphatic hydroxyl groups is 1. The van der Waals surface area contributed by atoms with E-state index in [-0.39, 0.29) is 19.1 Å². The standard InChI is InChI=1S/C71H129N2O6P/c1-6-8-10-12-14-16-18-20-22-24-25-26-27-28-29-30-31-32-33-34-35-36-37-38-39-40-41-42-43-44-45-46-47-49-51-53-55-57-59-61-63-65-71(75)72-69(68-79-80(76,77)78-67-66-73(3,4)5)70(74)64-62-60-58-56-54-52-50-48-23-21-19-17-15-13-11-9-7-2/h8,10,14,16,20,22,25-26,28-29,31-32,34-35,62,64,69-70,74H,6-7,9,11-13,15,17-19,21,23-24,27,30,33,36-61,63,65-68H2,1-5H3,(H-,72,75,76,77)/b10-8-,16-14-,22-20-,26-25-,29-28-,32-31-,35-34-,64-62+. The number of nitrogens with zero attached hydrogens (tertiary/aromatic N) is 1. The Hall–Kier alpha value is -2.58. The van der Waals surface area contributed by atoms with Gasteiger partial charge in [0.05, 0.1) is 39.9 Å². The number of nitrogens with one attached hydrogen (secondary N) is 1. The number of allylic oxidation sites excluding steroid dienone is 15. The first kappa shape index (κ1) is 77.4. The van der Waals surface area contributed by atoms with E-state index in [1.807, 2.05) is 27.2 Å². The van der Waals surface area contributed by atoms with Crippen LogP contribution in [0.4, 0.5) is 0 Å². The van der Waals surface area contributed by atoms with E-state index in [1.165, 1.54) is 193 Å². The van der Waals surface area contributed by atoms with Gasteiger partial charge in [0.15, 0.2) is 0 Å². The first-order valence-corrected chi connectivity index (χ1v) is 35.1. The zero-order valence-electron chi connectivity index (χ0n) is 53.0. The van der Waals surface area contributed by atoms with Crippen LogP contribution in [0.1, 0.15) is 296 Å². The molecule has 464 valence electrons. The summed E-state index contributed by atoms with van der Waals surface area (Å²) in [5.41, 5.74) is 0. The van der Waals surface area contributed by atoms with Crippen LogP contribution >= 0.6 is 7.82 Å². The molecule has 0 radical (unpaired) electrons. The van der Waals surface area contributed by atoms with Gasteiger partial charge in [0.25, 0.3) is 7.82 Å². The highest BCUT2D eigenvalue weighted by atomic mass is 31.2. The Morgan fingerprint density at radius 2 is 0.762 bits per heavy atom. The first-order valence-electron chi connectivity index (χ1n) is 33.6. The number of quaternary nitrogens is 1. The molecule has 0 saturated heterocycles. The molecule has 0 aromatic rings. The summed E-state index contributed by atoms with van der Waals surface area (Å²) in [7, 11) is 1.27. The maximum atomic E-state index is 13.0. The number of rotatable bonds is 61. The molecule has 3 unspecified atom stereocenters. The SMILES string of the molecule is CC/C=C\C/C=C\C/C=C\C/C=C\C/C=C\C/C=C\C/C=C\CCCCCCCCCCCCCCCCCCCCCC(=O)NC(COP(=O)([O-])OCC[N+](C)(C)C)C(O)/C=C/CCCCCCCCCCCCCCCCC. The largest absolute Gasteiger partial charge is 0.756 e. The quantitative estimate of drug-likeness (QED) is 0.0272. The summed E-state index contributed by atoms with van der Waals surface area (Å²) >= 11 is 0. The van der Waals surface area contributed by atoms with Crippen molar-refractivity contribution in [3.05, 3.63) is 97.2 Å². The Morgan fingerprint density at radius 3 is 1.11 bits per heavy atom. The average Bonchev–Trinajstić information content (AvgIpc) is 3.42. The number of phosphoric acid groups is 1. The van der Waals surface area contributed by atoms with Crippen molar-refractivity contribution in [2.75, 3.05) is 40.9 Å². The van der Waals surface area contributed by atoms with Gasteiger partial charge in [-0.05, 0) is 77.0 Å². The van der Waals surface area contributed by atoms with E-state index in [0.29, 0.717) is 17.4 Å².